The first-order valence-electron chi connectivity index (χ1n) is 8.72. The summed E-state index contributed by atoms with van der Waals surface area (Å²) in [6.45, 7) is 2.39. The summed E-state index contributed by atoms with van der Waals surface area (Å²) in [5.74, 6) is 1.21. The summed E-state index contributed by atoms with van der Waals surface area (Å²) in [5, 5.41) is 16.8. The molecule has 1 aliphatic rings. The second-order valence-corrected chi connectivity index (χ2v) is 6.58. The minimum atomic E-state index is -0.0135. The van der Waals surface area contributed by atoms with E-state index in [-0.39, 0.29) is 12.5 Å². The van der Waals surface area contributed by atoms with Crippen LogP contribution in [-0.4, -0.2) is 27.4 Å². The van der Waals surface area contributed by atoms with E-state index in [9.17, 15) is 9.90 Å². The Kier molecular flexibility index (Phi) is 5.30. The Morgan fingerprint density at radius 1 is 1.33 bits per heavy atom. The lowest BCUT2D eigenvalue weighted by molar-refractivity contribution is -0.117. The highest BCUT2D eigenvalue weighted by molar-refractivity contribution is 5.90. The number of amides is 1. The van der Waals surface area contributed by atoms with E-state index in [2.05, 4.69) is 10.4 Å². The third-order valence-corrected chi connectivity index (χ3v) is 4.73. The average molecular weight is 327 g/mol. The number of anilines is 1. The lowest BCUT2D eigenvalue weighted by Gasteiger charge is -2.10. The zero-order valence-electron chi connectivity index (χ0n) is 14.2. The van der Waals surface area contributed by atoms with Crippen LogP contribution >= 0.6 is 0 Å². The molecule has 1 heterocycles. The monoisotopic (exact) mass is 327 g/mol. The lowest BCUT2D eigenvalue weighted by Crippen LogP contribution is -2.18. The minimum Gasteiger partial charge on any atom is -0.394 e. The van der Waals surface area contributed by atoms with Crippen molar-refractivity contribution in [3.8, 4) is 11.3 Å². The minimum absolute atomic E-state index is 0.0135. The maximum Gasteiger partial charge on any atom is 0.225 e. The van der Waals surface area contributed by atoms with Gasteiger partial charge in [-0.15, -0.1) is 0 Å². The van der Waals surface area contributed by atoms with E-state index in [0.717, 1.165) is 29.7 Å². The number of benzene rings is 1. The first-order chi connectivity index (χ1) is 11.7. The van der Waals surface area contributed by atoms with Crippen molar-refractivity contribution in [3.63, 3.8) is 0 Å². The smallest absolute Gasteiger partial charge is 0.225 e. The molecule has 24 heavy (non-hydrogen) atoms. The molecule has 1 aliphatic carbocycles. The molecular formula is C19H25N3O2. The number of nitrogens with one attached hydrogen (secondary N) is 1. The number of aromatic nitrogens is 2. The molecule has 2 aromatic rings. The third kappa shape index (κ3) is 3.85. The van der Waals surface area contributed by atoms with Gasteiger partial charge < -0.3 is 10.4 Å². The Hall–Kier alpha value is -2.14. The number of hydrogen-bond acceptors (Lipinski definition) is 3. The molecular weight excluding hydrogens is 302 g/mol. The number of aliphatic hydroxyl groups excluding tert-OH is 1. The summed E-state index contributed by atoms with van der Waals surface area (Å²) in [7, 11) is 0. The zero-order chi connectivity index (χ0) is 16.9. The summed E-state index contributed by atoms with van der Waals surface area (Å²) < 4.78 is 1.67. The van der Waals surface area contributed by atoms with Crippen molar-refractivity contribution in [3.05, 3.63) is 35.9 Å². The molecule has 128 valence electrons. The number of carbonyl (C=O) groups is 1. The van der Waals surface area contributed by atoms with Gasteiger partial charge in [0.1, 0.15) is 5.82 Å². The molecule has 2 N–H and O–H groups in total. The number of aryl methyl sites for hydroxylation is 1. The lowest BCUT2D eigenvalue weighted by atomic mass is 10.0. The normalized spacial score (nSPS) is 14.9. The SMILES string of the molecule is Cc1ccccc1-c1cc(NC(=O)CC2CCCC2)n(CCO)n1. The second kappa shape index (κ2) is 7.62. The van der Waals surface area contributed by atoms with Crippen molar-refractivity contribution in [1.29, 1.82) is 0 Å². The van der Waals surface area contributed by atoms with Gasteiger partial charge in [-0.2, -0.15) is 5.10 Å². The van der Waals surface area contributed by atoms with E-state index < -0.39 is 0 Å². The summed E-state index contributed by atoms with van der Waals surface area (Å²) in [6, 6.07) is 9.92. The van der Waals surface area contributed by atoms with Gasteiger partial charge in [-0.1, -0.05) is 37.1 Å². The molecule has 1 saturated carbocycles. The fourth-order valence-electron chi connectivity index (χ4n) is 3.45. The van der Waals surface area contributed by atoms with Crippen LogP contribution in [0.15, 0.2) is 30.3 Å². The molecule has 5 nitrogen and oxygen atoms in total. The molecule has 1 amide bonds. The third-order valence-electron chi connectivity index (χ3n) is 4.73. The van der Waals surface area contributed by atoms with Gasteiger partial charge in [0.25, 0.3) is 0 Å². The first-order valence-corrected chi connectivity index (χ1v) is 8.72. The Morgan fingerprint density at radius 2 is 2.08 bits per heavy atom. The molecule has 3 rings (SSSR count). The molecule has 0 spiro atoms. The first kappa shape index (κ1) is 16.7. The van der Waals surface area contributed by atoms with E-state index in [1.165, 1.54) is 12.8 Å². The van der Waals surface area contributed by atoms with Crippen molar-refractivity contribution < 1.29 is 9.90 Å². The predicted molar refractivity (Wildman–Crippen MR) is 94.7 cm³/mol. The van der Waals surface area contributed by atoms with Crippen LogP contribution < -0.4 is 5.32 Å². The van der Waals surface area contributed by atoms with E-state index in [0.29, 0.717) is 24.7 Å². The van der Waals surface area contributed by atoms with Gasteiger partial charge in [0.05, 0.1) is 18.8 Å². The van der Waals surface area contributed by atoms with Crippen LogP contribution in [0.3, 0.4) is 0 Å². The van der Waals surface area contributed by atoms with Crippen LogP contribution in [0.5, 0.6) is 0 Å². The van der Waals surface area contributed by atoms with E-state index >= 15 is 0 Å². The van der Waals surface area contributed by atoms with Gasteiger partial charge in [-0.05, 0) is 31.2 Å². The van der Waals surface area contributed by atoms with Crippen LogP contribution in [0, 0.1) is 12.8 Å². The van der Waals surface area contributed by atoms with Gasteiger partial charge in [0.15, 0.2) is 0 Å². The standard InChI is InChI=1S/C19H25N3O2/c1-14-6-2-5-9-16(14)17-13-18(22(21-17)10-11-23)20-19(24)12-15-7-3-4-8-15/h2,5-6,9,13,15,23H,3-4,7-8,10-12H2,1H3,(H,20,24). The quantitative estimate of drug-likeness (QED) is 0.855. The number of hydrogen-bond donors (Lipinski definition) is 2. The Labute approximate surface area is 142 Å². The van der Waals surface area contributed by atoms with Crippen LogP contribution in [0.1, 0.15) is 37.7 Å². The summed E-state index contributed by atoms with van der Waals surface area (Å²) in [4.78, 5) is 12.3. The molecule has 1 fully saturated rings. The molecule has 1 aromatic carbocycles. The van der Waals surface area contributed by atoms with Crippen molar-refractivity contribution in [1.82, 2.24) is 9.78 Å². The molecule has 0 saturated heterocycles. The summed E-state index contributed by atoms with van der Waals surface area (Å²) in [5.41, 5.74) is 2.99. The maximum absolute atomic E-state index is 12.3. The average Bonchev–Trinajstić information content (AvgIpc) is 3.19. The van der Waals surface area contributed by atoms with Gasteiger partial charge >= 0.3 is 0 Å². The Bertz CT molecular complexity index is 702. The number of aliphatic hydroxyl groups is 1. The van der Waals surface area contributed by atoms with E-state index in [1.807, 2.05) is 37.3 Å². The number of nitrogens with zero attached hydrogens (tertiary/aromatic N) is 2. The highest BCUT2D eigenvalue weighted by Crippen LogP contribution is 2.29. The van der Waals surface area contributed by atoms with Crippen molar-refractivity contribution >= 4 is 11.7 Å². The fourth-order valence-corrected chi connectivity index (χ4v) is 3.45. The summed E-state index contributed by atoms with van der Waals surface area (Å²) >= 11 is 0. The Balaban J connectivity index is 1.78. The molecule has 5 heteroatoms. The van der Waals surface area contributed by atoms with Crippen molar-refractivity contribution in [2.24, 2.45) is 5.92 Å². The van der Waals surface area contributed by atoms with E-state index in [1.54, 1.807) is 4.68 Å². The van der Waals surface area contributed by atoms with Crippen LogP contribution in [0.25, 0.3) is 11.3 Å². The molecule has 0 atom stereocenters. The van der Waals surface area contributed by atoms with Crippen LogP contribution in [-0.2, 0) is 11.3 Å². The van der Waals surface area contributed by atoms with Crippen molar-refractivity contribution in [2.75, 3.05) is 11.9 Å². The zero-order valence-corrected chi connectivity index (χ0v) is 14.2. The molecule has 0 bridgehead atoms. The van der Waals surface area contributed by atoms with Gasteiger partial charge in [-0.25, -0.2) is 4.68 Å². The number of rotatable bonds is 6. The molecule has 0 radical (unpaired) electrons. The van der Waals surface area contributed by atoms with Gasteiger partial charge in [0, 0.05) is 18.1 Å². The summed E-state index contributed by atoms with van der Waals surface area (Å²) in [6.07, 6.45) is 5.34. The predicted octanol–water partition coefficient (Wildman–Crippen LogP) is 3.37. The highest BCUT2D eigenvalue weighted by atomic mass is 16.3. The topological polar surface area (TPSA) is 67.2 Å². The number of carbonyl (C=O) groups excluding carboxylic acids is 1. The molecule has 0 unspecified atom stereocenters. The Morgan fingerprint density at radius 3 is 2.79 bits per heavy atom. The largest absolute Gasteiger partial charge is 0.394 e. The van der Waals surface area contributed by atoms with E-state index in [4.69, 9.17) is 0 Å². The van der Waals surface area contributed by atoms with Crippen molar-refractivity contribution in [2.45, 2.75) is 45.6 Å². The second-order valence-electron chi connectivity index (χ2n) is 6.58. The van der Waals surface area contributed by atoms with Gasteiger partial charge in [-0.3, -0.25) is 4.79 Å². The van der Waals surface area contributed by atoms with Crippen LogP contribution in [0.4, 0.5) is 5.82 Å². The van der Waals surface area contributed by atoms with Crippen LogP contribution in [0.2, 0.25) is 0 Å². The maximum atomic E-state index is 12.3. The van der Waals surface area contributed by atoms with Gasteiger partial charge in [0.2, 0.25) is 5.91 Å². The highest BCUT2D eigenvalue weighted by Gasteiger charge is 2.20. The molecule has 0 aliphatic heterocycles. The molecule has 1 aromatic heterocycles. The fraction of sp³-hybridized carbons (Fsp3) is 0.474.